The summed E-state index contributed by atoms with van der Waals surface area (Å²) in [6, 6.07) is 9.89. The zero-order chi connectivity index (χ0) is 15.8. The summed E-state index contributed by atoms with van der Waals surface area (Å²) in [5, 5.41) is 12.3. The predicted octanol–water partition coefficient (Wildman–Crippen LogP) is 2.87. The van der Waals surface area contributed by atoms with Crippen LogP contribution in [0.1, 0.15) is 18.7 Å². The van der Waals surface area contributed by atoms with Crippen molar-refractivity contribution in [1.29, 1.82) is 0 Å². The van der Waals surface area contributed by atoms with Crippen molar-refractivity contribution in [3.05, 3.63) is 48.5 Å². The molecule has 1 aliphatic rings. The van der Waals surface area contributed by atoms with Crippen LogP contribution in [-0.4, -0.2) is 33.4 Å². The maximum atomic E-state index is 5.34. The van der Waals surface area contributed by atoms with E-state index in [-0.39, 0.29) is 5.92 Å². The number of ether oxygens (including phenoxy) is 1. The molecule has 0 unspecified atom stereocenters. The standard InChI is InChI=1S/C17H17N5O/c1-11-9-19-14-8-13(23-2)5-6-15(14)22-16(11)20-21-17(22)12-4-3-7-18-10-12/h3-8,10-11,19H,9H2,1-2H3/t11-/m0/s1. The van der Waals surface area contributed by atoms with E-state index < -0.39 is 0 Å². The second-order valence-electron chi connectivity index (χ2n) is 5.62. The number of benzene rings is 1. The molecule has 0 aliphatic carbocycles. The van der Waals surface area contributed by atoms with Crippen LogP contribution in [0.25, 0.3) is 17.1 Å². The van der Waals surface area contributed by atoms with Gasteiger partial charge in [-0.05, 0) is 24.3 Å². The van der Waals surface area contributed by atoms with Gasteiger partial charge >= 0.3 is 0 Å². The summed E-state index contributed by atoms with van der Waals surface area (Å²) in [7, 11) is 1.67. The van der Waals surface area contributed by atoms with Gasteiger partial charge in [0.2, 0.25) is 0 Å². The Labute approximate surface area is 134 Å². The van der Waals surface area contributed by atoms with Gasteiger partial charge in [-0.15, -0.1) is 10.2 Å². The maximum Gasteiger partial charge on any atom is 0.170 e. The van der Waals surface area contributed by atoms with Crippen molar-refractivity contribution in [3.8, 4) is 22.8 Å². The Morgan fingerprint density at radius 1 is 1.26 bits per heavy atom. The van der Waals surface area contributed by atoms with E-state index in [2.05, 4.69) is 32.0 Å². The van der Waals surface area contributed by atoms with Gasteiger partial charge in [-0.3, -0.25) is 9.55 Å². The Balaban J connectivity index is 1.96. The summed E-state index contributed by atoms with van der Waals surface area (Å²) in [5.74, 6) is 2.81. The highest BCUT2D eigenvalue weighted by Crippen LogP contribution is 2.35. The first-order chi connectivity index (χ1) is 11.3. The largest absolute Gasteiger partial charge is 0.497 e. The van der Waals surface area contributed by atoms with Crippen LogP contribution < -0.4 is 10.1 Å². The van der Waals surface area contributed by atoms with Gasteiger partial charge in [0, 0.05) is 36.5 Å². The lowest BCUT2D eigenvalue weighted by atomic mass is 10.1. The predicted molar refractivity (Wildman–Crippen MR) is 88.0 cm³/mol. The van der Waals surface area contributed by atoms with Gasteiger partial charge in [0.25, 0.3) is 0 Å². The number of nitrogens with one attached hydrogen (secondary N) is 1. The monoisotopic (exact) mass is 307 g/mol. The summed E-state index contributed by atoms with van der Waals surface area (Å²) in [6.45, 7) is 2.94. The number of pyridine rings is 1. The number of aromatic nitrogens is 4. The third-order valence-corrected chi connectivity index (χ3v) is 4.09. The number of methoxy groups -OCH3 is 1. The number of rotatable bonds is 2. The fourth-order valence-electron chi connectivity index (χ4n) is 2.87. The Bertz CT molecular complexity index is 843. The van der Waals surface area contributed by atoms with Crippen LogP contribution in [-0.2, 0) is 0 Å². The Morgan fingerprint density at radius 3 is 2.96 bits per heavy atom. The molecule has 3 heterocycles. The molecule has 0 spiro atoms. The number of hydrogen-bond acceptors (Lipinski definition) is 5. The fraction of sp³-hybridized carbons (Fsp3) is 0.235. The van der Waals surface area contributed by atoms with Crippen molar-refractivity contribution in [2.75, 3.05) is 19.0 Å². The zero-order valence-electron chi connectivity index (χ0n) is 13.0. The summed E-state index contributed by atoms with van der Waals surface area (Å²) >= 11 is 0. The molecule has 6 heteroatoms. The second kappa shape index (κ2) is 5.39. The molecule has 0 saturated carbocycles. The lowest BCUT2D eigenvalue weighted by molar-refractivity contribution is 0.415. The number of nitrogens with zero attached hydrogens (tertiary/aromatic N) is 4. The van der Waals surface area contributed by atoms with Crippen molar-refractivity contribution in [1.82, 2.24) is 19.7 Å². The van der Waals surface area contributed by atoms with Gasteiger partial charge in [-0.1, -0.05) is 6.92 Å². The van der Waals surface area contributed by atoms with Gasteiger partial charge in [-0.25, -0.2) is 0 Å². The molecule has 0 bridgehead atoms. The highest BCUT2D eigenvalue weighted by atomic mass is 16.5. The molecule has 1 aliphatic heterocycles. The summed E-state index contributed by atoms with van der Waals surface area (Å²) in [4.78, 5) is 4.20. The van der Waals surface area contributed by atoms with E-state index in [1.165, 1.54) is 0 Å². The minimum atomic E-state index is 0.242. The van der Waals surface area contributed by atoms with E-state index >= 15 is 0 Å². The average Bonchev–Trinajstić information content (AvgIpc) is 2.99. The third kappa shape index (κ3) is 2.23. The summed E-state index contributed by atoms with van der Waals surface area (Å²) < 4.78 is 7.45. The SMILES string of the molecule is COc1ccc2c(c1)NC[C@H](C)c1nnc(-c3cccnc3)n1-2. The molecular formula is C17H17N5O. The Morgan fingerprint density at radius 2 is 2.17 bits per heavy atom. The molecule has 0 radical (unpaired) electrons. The molecule has 116 valence electrons. The van der Waals surface area contributed by atoms with Crippen LogP contribution in [0.4, 0.5) is 5.69 Å². The molecule has 1 aromatic carbocycles. The molecule has 23 heavy (non-hydrogen) atoms. The van der Waals surface area contributed by atoms with Crippen LogP contribution in [0.5, 0.6) is 5.75 Å². The van der Waals surface area contributed by atoms with E-state index in [4.69, 9.17) is 4.74 Å². The molecule has 1 N–H and O–H groups in total. The minimum Gasteiger partial charge on any atom is -0.497 e. The van der Waals surface area contributed by atoms with Gasteiger partial charge in [0.1, 0.15) is 11.6 Å². The Hall–Kier alpha value is -2.89. The van der Waals surface area contributed by atoms with E-state index in [9.17, 15) is 0 Å². The second-order valence-corrected chi connectivity index (χ2v) is 5.62. The number of fused-ring (bicyclic) bond motifs is 3. The van der Waals surface area contributed by atoms with Gasteiger partial charge in [-0.2, -0.15) is 0 Å². The fourth-order valence-corrected chi connectivity index (χ4v) is 2.87. The first-order valence-electron chi connectivity index (χ1n) is 7.56. The molecule has 6 nitrogen and oxygen atoms in total. The zero-order valence-corrected chi connectivity index (χ0v) is 13.0. The van der Waals surface area contributed by atoms with Gasteiger partial charge in [0.15, 0.2) is 5.82 Å². The van der Waals surface area contributed by atoms with E-state index in [1.807, 2.05) is 36.5 Å². The van der Waals surface area contributed by atoms with Crippen molar-refractivity contribution >= 4 is 5.69 Å². The highest BCUT2D eigenvalue weighted by Gasteiger charge is 2.25. The lowest BCUT2D eigenvalue weighted by Crippen LogP contribution is -2.09. The smallest absolute Gasteiger partial charge is 0.170 e. The number of anilines is 1. The summed E-state index contributed by atoms with van der Waals surface area (Å²) in [5.41, 5.74) is 2.98. The van der Waals surface area contributed by atoms with Crippen LogP contribution in [0.15, 0.2) is 42.7 Å². The molecule has 1 atom stereocenters. The van der Waals surface area contributed by atoms with Crippen molar-refractivity contribution < 1.29 is 4.74 Å². The first kappa shape index (κ1) is 13.8. The van der Waals surface area contributed by atoms with E-state index in [0.717, 1.165) is 40.9 Å². The van der Waals surface area contributed by atoms with Crippen LogP contribution in [0, 0.1) is 0 Å². The quantitative estimate of drug-likeness (QED) is 0.788. The molecular weight excluding hydrogens is 290 g/mol. The maximum absolute atomic E-state index is 5.34. The van der Waals surface area contributed by atoms with Gasteiger partial charge in [0.05, 0.1) is 18.5 Å². The van der Waals surface area contributed by atoms with Crippen LogP contribution >= 0.6 is 0 Å². The molecule has 0 amide bonds. The van der Waals surface area contributed by atoms with Crippen molar-refractivity contribution in [3.63, 3.8) is 0 Å². The third-order valence-electron chi connectivity index (χ3n) is 4.09. The molecule has 4 rings (SSSR count). The molecule has 2 aromatic heterocycles. The summed E-state index contributed by atoms with van der Waals surface area (Å²) in [6.07, 6.45) is 3.57. The molecule has 3 aromatic rings. The van der Waals surface area contributed by atoms with Crippen LogP contribution in [0.3, 0.4) is 0 Å². The molecule has 0 fully saturated rings. The van der Waals surface area contributed by atoms with Gasteiger partial charge < -0.3 is 10.1 Å². The van der Waals surface area contributed by atoms with Crippen molar-refractivity contribution in [2.45, 2.75) is 12.8 Å². The molecule has 0 saturated heterocycles. The first-order valence-corrected chi connectivity index (χ1v) is 7.56. The average molecular weight is 307 g/mol. The number of hydrogen-bond donors (Lipinski definition) is 1. The van der Waals surface area contributed by atoms with Crippen LogP contribution in [0.2, 0.25) is 0 Å². The Kier molecular flexibility index (Phi) is 3.22. The minimum absolute atomic E-state index is 0.242. The lowest BCUT2D eigenvalue weighted by Gasteiger charge is -2.13. The van der Waals surface area contributed by atoms with E-state index in [0.29, 0.717) is 0 Å². The van der Waals surface area contributed by atoms with Crippen molar-refractivity contribution in [2.24, 2.45) is 0 Å². The van der Waals surface area contributed by atoms with E-state index in [1.54, 1.807) is 13.3 Å². The highest BCUT2D eigenvalue weighted by molar-refractivity contribution is 5.69. The normalized spacial score (nSPS) is 16.0. The topological polar surface area (TPSA) is 64.9 Å².